The number of amides is 1. The number of nitrogens with one attached hydrogen (secondary N) is 1. The number of nitrogen functional groups attached to an aromatic ring is 1. The van der Waals surface area contributed by atoms with Crippen LogP contribution < -0.4 is 16.0 Å². The smallest absolute Gasteiger partial charge is 0.251 e. The Labute approximate surface area is 127 Å². The summed E-state index contributed by atoms with van der Waals surface area (Å²) in [6.45, 7) is 9.95. The van der Waals surface area contributed by atoms with Crippen LogP contribution in [-0.2, 0) is 0 Å². The SMILES string of the molecule is CCCN1CCN(c2cc(C(=O)NCC)ccc2N)CC1. The van der Waals surface area contributed by atoms with Crippen molar-refractivity contribution in [1.82, 2.24) is 10.2 Å². The average Bonchev–Trinajstić information content (AvgIpc) is 2.49. The monoisotopic (exact) mass is 290 g/mol. The van der Waals surface area contributed by atoms with Crippen LogP contribution in [0.1, 0.15) is 30.6 Å². The summed E-state index contributed by atoms with van der Waals surface area (Å²) in [5.41, 5.74) is 8.50. The van der Waals surface area contributed by atoms with E-state index in [2.05, 4.69) is 22.0 Å². The van der Waals surface area contributed by atoms with Crippen molar-refractivity contribution >= 4 is 17.3 Å². The van der Waals surface area contributed by atoms with E-state index in [9.17, 15) is 4.79 Å². The standard InChI is InChI=1S/C16H26N4O/c1-3-7-19-8-10-20(11-9-19)15-12-13(5-6-14(15)17)16(21)18-4-2/h5-6,12H,3-4,7-11,17H2,1-2H3,(H,18,21). The van der Waals surface area contributed by atoms with Gasteiger partial charge < -0.3 is 16.0 Å². The van der Waals surface area contributed by atoms with Gasteiger partial charge in [0.15, 0.2) is 0 Å². The molecule has 1 amide bonds. The van der Waals surface area contributed by atoms with Crippen molar-refractivity contribution in [3.63, 3.8) is 0 Å². The molecule has 116 valence electrons. The van der Waals surface area contributed by atoms with Crippen LogP contribution in [0.4, 0.5) is 11.4 Å². The molecule has 5 nitrogen and oxygen atoms in total. The van der Waals surface area contributed by atoms with Crippen LogP contribution in [-0.4, -0.2) is 50.1 Å². The van der Waals surface area contributed by atoms with Crippen LogP contribution in [0.3, 0.4) is 0 Å². The molecule has 0 bridgehead atoms. The molecule has 1 aliphatic heterocycles. The highest BCUT2D eigenvalue weighted by Gasteiger charge is 2.19. The van der Waals surface area contributed by atoms with Crippen molar-refractivity contribution in [3.05, 3.63) is 23.8 Å². The summed E-state index contributed by atoms with van der Waals surface area (Å²) in [7, 11) is 0. The highest BCUT2D eigenvalue weighted by molar-refractivity contribution is 5.96. The average molecular weight is 290 g/mol. The zero-order valence-electron chi connectivity index (χ0n) is 13.1. The number of rotatable bonds is 5. The molecular weight excluding hydrogens is 264 g/mol. The van der Waals surface area contributed by atoms with Gasteiger partial charge in [0, 0.05) is 38.3 Å². The second-order valence-corrected chi connectivity index (χ2v) is 5.46. The minimum absolute atomic E-state index is 0.0385. The molecule has 2 rings (SSSR count). The van der Waals surface area contributed by atoms with Crippen LogP contribution in [0.2, 0.25) is 0 Å². The lowest BCUT2D eigenvalue weighted by molar-refractivity contribution is 0.0956. The number of hydrogen-bond acceptors (Lipinski definition) is 4. The van der Waals surface area contributed by atoms with E-state index in [0.29, 0.717) is 12.1 Å². The molecule has 0 aliphatic carbocycles. The van der Waals surface area contributed by atoms with E-state index >= 15 is 0 Å². The summed E-state index contributed by atoms with van der Waals surface area (Å²) in [6.07, 6.45) is 1.19. The van der Waals surface area contributed by atoms with Crippen molar-refractivity contribution in [3.8, 4) is 0 Å². The van der Waals surface area contributed by atoms with Crippen LogP contribution in [0, 0.1) is 0 Å². The van der Waals surface area contributed by atoms with Crippen LogP contribution in [0.25, 0.3) is 0 Å². The lowest BCUT2D eigenvalue weighted by Crippen LogP contribution is -2.46. The number of anilines is 2. The summed E-state index contributed by atoms with van der Waals surface area (Å²) in [4.78, 5) is 16.7. The second kappa shape index (κ2) is 7.31. The maximum absolute atomic E-state index is 11.9. The maximum Gasteiger partial charge on any atom is 0.251 e. The predicted molar refractivity (Wildman–Crippen MR) is 87.8 cm³/mol. The fourth-order valence-corrected chi connectivity index (χ4v) is 2.75. The first kappa shape index (κ1) is 15.6. The lowest BCUT2D eigenvalue weighted by atomic mass is 10.1. The van der Waals surface area contributed by atoms with Crippen LogP contribution in [0.15, 0.2) is 18.2 Å². The van der Waals surface area contributed by atoms with Crippen LogP contribution >= 0.6 is 0 Å². The topological polar surface area (TPSA) is 61.6 Å². The molecule has 3 N–H and O–H groups in total. The van der Waals surface area contributed by atoms with Gasteiger partial charge in [-0.15, -0.1) is 0 Å². The van der Waals surface area contributed by atoms with E-state index in [-0.39, 0.29) is 5.91 Å². The number of hydrogen-bond donors (Lipinski definition) is 2. The number of nitrogens with zero attached hydrogens (tertiary/aromatic N) is 2. The predicted octanol–water partition coefficient (Wildman–Crippen LogP) is 1.55. The highest BCUT2D eigenvalue weighted by atomic mass is 16.1. The Morgan fingerprint density at radius 2 is 1.95 bits per heavy atom. The summed E-state index contributed by atoms with van der Waals surface area (Å²) in [5, 5.41) is 2.83. The lowest BCUT2D eigenvalue weighted by Gasteiger charge is -2.36. The van der Waals surface area contributed by atoms with Gasteiger partial charge >= 0.3 is 0 Å². The molecule has 0 atom stereocenters. The fourth-order valence-electron chi connectivity index (χ4n) is 2.75. The second-order valence-electron chi connectivity index (χ2n) is 5.46. The molecule has 1 aromatic rings. The van der Waals surface area contributed by atoms with Gasteiger partial charge in [0.25, 0.3) is 5.91 Å². The number of carbonyl (C=O) groups excluding carboxylic acids is 1. The van der Waals surface area contributed by atoms with E-state index < -0.39 is 0 Å². The summed E-state index contributed by atoms with van der Waals surface area (Å²) >= 11 is 0. The Hall–Kier alpha value is -1.75. The van der Waals surface area contributed by atoms with Crippen LogP contribution in [0.5, 0.6) is 0 Å². The minimum atomic E-state index is -0.0385. The van der Waals surface area contributed by atoms with Gasteiger partial charge in [-0.25, -0.2) is 0 Å². The molecular formula is C16H26N4O. The molecule has 1 saturated heterocycles. The molecule has 0 saturated carbocycles. The third-order valence-corrected chi connectivity index (χ3v) is 3.88. The normalized spacial score (nSPS) is 16.0. The summed E-state index contributed by atoms with van der Waals surface area (Å²) in [6, 6.07) is 5.53. The molecule has 1 aromatic carbocycles. The van der Waals surface area contributed by atoms with Crippen molar-refractivity contribution in [2.45, 2.75) is 20.3 Å². The Balaban J connectivity index is 2.09. The molecule has 0 spiro atoms. The van der Waals surface area contributed by atoms with Gasteiger partial charge in [0.2, 0.25) is 0 Å². The van der Waals surface area contributed by atoms with Crippen molar-refractivity contribution in [2.75, 3.05) is 49.9 Å². The quantitative estimate of drug-likeness (QED) is 0.808. The van der Waals surface area contributed by atoms with Gasteiger partial charge in [0.05, 0.1) is 11.4 Å². The third kappa shape index (κ3) is 3.88. The molecule has 0 aromatic heterocycles. The molecule has 1 fully saturated rings. The van der Waals surface area contributed by atoms with E-state index in [1.807, 2.05) is 19.1 Å². The van der Waals surface area contributed by atoms with Gasteiger partial charge in [0.1, 0.15) is 0 Å². The fraction of sp³-hybridized carbons (Fsp3) is 0.562. The van der Waals surface area contributed by atoms with Crippen molar-refractivity contribution < 1.29 is 4.79 Å². The summed E-state index contributed by atoms with van der Waals surface area (Å²) in [5.74, 6) is -0.0385. The molecule has 0 unspecified atom stereocenters. The molecule has 0 radical (unpaired) electrons. The molecule has 5 heteroatoms. The van der Waals surface area contributed by atoms with Gasteiger partial charge in [-0.3, -0.25) is 9.69 Å². The molecule has 21 heavy (non-hydrogen) atoms. The Morgan fingerprint density at radius 1 is 1.24 bits per heavy atom. The largest absolute Gasteiger partial charge is 0.397 e. The van der Waals surface area contributed by atoms with E-state index in [1.54, 1.807) is 6.07 Å². The first-order valence-corrected chi connectivity index (χ1v) is 7.80. The first-order chi connectivity index (χ1) is 10.2. The Bertz CT molecular complexity index is 481. The number of benzene rings is 1. The van der Waals surface area contributed by atoms with Gasteiger partial charge in [-0.1, -0.05) is 6.92 Å². The summed E-state index contributed by atoms with van der Waals surface area (Å²) < 4.78 is 0. The van der Waals surface area contributed by atoms with E-state index in [1.165, 1.54) is 6.42 Å². The molecule has 1 aliphatic rings. The number of piperazine rings is 1. The maximum atomic E-state index is 11.9. The Morgan fingerprint density at radius 3 is 2.57 bits per heavy atom. The zero-order valence-corrected chi connectivity index (χ0v) is 13.1. The van der Waals surface area contributed by atoms with Gasteiger partial charge in [-0.2, -0.15) is 0 Å². The van der Waals surface area contributed by atoms with Crippen molar-refractivity contribution in [2.24, 2.45) is 0 Å². The van der Waals surface area contributed by atoms with E-state index in [0.717, 1.165) is 44.1 Å². The highest BCUT2D eigenvalue weighted by Crippen LogP contribution is 2.25. The first-order valence-electron chi connectivity index (χ1n) is 7.80. The van der Waals surface area contributed by atoms with E-state index in [4.69, 9.17) is 5.73 Å². The number of nitrogens with two attached hydrogens (primary N) is 1. The molecule has 1 heterocycles. The number of carbonyl (C=O) groups is 1. The van der Waals surface area contributed by atoms with Gasteiger partial charge in [-0.05, 0) is 38.1 Å². The Kier molecular flexibility index (Phi) is 5.44. The zero-order chi connectivity index (χ0) is 15.2. The van der Waals surface area contributed by atoms with Crippen molar-refractivity contribution in [1.29, 1.82) is 0 Å². The minimum Gasteiger partial charge on any atom is -0.397 e. The third-order valence-electron chi connectivity index (χ3n) is 3.88.